The van der Waals surface area contributed by atoms with E-state index >= 15 is 0 Å². The number of nitriles is 1. The van der Waals surface area contributed by atoms with Gasteiger partial charge >= 0.3 is 5.97 Å². The highest BCUT2D eigenvalue weighted by Gasteiger charge is 2.22. The highest BCUT2D eigenvalue weighted by molar-refractivity contribution is 8.00. The van der Waals surface area contributed by atoms with Gasteiger partial charge in [0.2, 0.25) is 5.91 Å². The highest BCUT2D eigenvalue weighted by atomic mass is 32.2. The van der Waals surface area contributed by atoms with E-state index in [1.807, 2.05) is 6.07 Å². The molecule has 6 nitrogen and oxygen atoms in total. The molecule has 1 aromatic heterocycles. The van der Waals surface area contributed by atoms with Crippen LogP contribution in [0.1, 0.15) is 35.5 Å². The summed E-state index contributed by atoms with van der Waals surface area (Å²) in [6.45, 7) is 4.93. The van der Waals surface area contributed by atoms with Crippen LogP contribution in [-0.2, 0) is 9.53 Å². The Hall–Kier alpha value is -2.99. The second-order valence-electron chi connectivity index (χ2n) is 5.65. The first-order valence-electron chi connectivity index (χ1n) is 8.28. The SMILES string of the molecule is CCOC(=O)c1cc(C#N)c(S[C@@H](C)C(=O)Nc2c(F)cccc2F)nc1C. The summed E-state index contributed by atoms with van der Waals surface area (Å²) in [6, 6.07) is 6.53. The summed E-state index contributed by atoms with van der Waals surface area (Å²) in [4.78, 5) is 28.5. The van der Waals surface area contributed by atoms with E-state index in [1.54, 1.807) is 13.8 Å². The molecule has 2 aromatic rings. The molecule has 1 aromatic carbocycles. The number of aromatic nitrogens is 1. The number of carbonyl (C=O) groups excluding carboxylic acids is 2. The number of ether oxygens (including phenoxy) is 1. The van der Waals surface area contributed by atoms with Crippen molar-refractivity contribution in [1.29, 1.82) is 5.26 Å². The lowest BCUT2D eigenvalue weighted by atomic mass is 10.1. The molecular formula is C19H17F2N3O3S. The van der Waals surface area contributed by atoms with Crippen LogP contribution in [0.3, 0.4) is 0 Å². The first-order chi connectivity index (χ1) is 13.3. The minimum Gasteiger partial charge on any atom is -0.462 e. The Labute approximate surface area is 164 Å². The van der Waals surface area contributed by atoms with Crippen molar-refractivity contribution in [2.24, 2.45) is 0 Å². The van der Waals surface area contributed by atoms with E-state index in [1.165, 1.54) is 19.1 Å². The number of amides is 1. The predicted molar refractivity (Wildman–Crippen MR) is 100.0 cm³/mol. The Bertz CT molecular complexity index is 940. The third-order valence-corrected chi connectivity index (χ3v) is 4.76. The lowest BCUT2D eigenvalue weighted by Crippen LogP contribution is -2.24. The van der Waals surface area contributed by atoms with Gasteiger partial charge in [-0.25, -0.2) is 18.6 Å². The van der Waals surface area contributed by atoms with E-state index in [0.29, 0.717) is 5.69 Å². The van der Waals surface area contributed by atoms with Crippen LogP contribution in [0.5, 0.6) is 0 Å². The molecule has 0 saturated carbocycles. The van der Waals surface area contributed by atoms with Gasteiger partial charge in [-0.15, -0.1) is 0 Å². The summed E-state index contributed by atoms with van der Waals surface area (Å²) < 4.78 is 32.3. The summed E-state index contributed by atoms with van der Waals surface area (Å²) in [5.41, 5.74) is 0.0543. The molecule has 1 N–H and O–H groups in total. The average molecular weight is 405 g/mol. The maximum Gasteiger partial charge on any atom is 0.340 e. The number of aryl methyl sites for hydroxylation is 1. The van der Waals surface area contributed by atoms with Gasteiger partial charge in [0.15, 0.2) is 0 Å². The van der Waals surface area contributed by atoms with Crippen molar-refractivity contribution in [2.45, 2.75) is 31.0 Å². The first kappa shape index (κ1) is 21.3. The van der Waals surface area contributed by atoms with Crippen LogP contribution in [0, 0.1) is 29.9 Å². The number of nitrogens with zero attached hydrogens (tertiary/aromatic N) is 2. The summed E-state index contributed by atoms with van der Waals surface area (Å²) >= 11 is 0.939. The summed E-state index contributed by atoms with van der Waals surface area (Å²) in [7, 11) is 0. The predicted octanol–water partition coefficient (Wildman–Crippen LogP) is 3.84. The second kappa shape index (κ2) is 9.28. The van der Waals surface area contributed by atoms with Gasteiger partial charge in [-0.05, 0) is 39.0 Å². The standard InChI is InChI=1S/C19H17F2N3O3S/c1-4-27-19(26)13-8-12(9-22)18(23-10(13)2)28-11(3)17(25)24-16-14(20)6-5-7-15(16)21/h5-8,11H,4H2,1-3H3,(H,24,25)/t11-/m0/s1. The number of pyridine rings is 1. The molecule has 1 heterocycles. The number of thioether (sulfide) groups is 1. The molecule has 2 rings (SSSR count). The third-order valence-electron chi connectivity index (χ3n) is 3.66. The molecule has 0 unspecified atom stereocenters. The first-order valence-corrected chi connectivity index (χ1v) is 9.16. The van der Waals surface area contributed by atoms with Gasteiger partial charge in [-0.3, -0.25) is 4.79 Å². The number of esters is 1. The number of hydrogen-bond donors (Lipinski definition) is 1. The van der Waals surface area contributed by atoms with Gasteiger partial charge in [0.1, 0.15) is 28.4 Å². The second-order valence-corrected chi connectivity index (χ2v) is 6.98. The van der Waals surface area contributed by atoms with Crippen LogP contribution in [0.4, 0.5) is 14.5 Å². The molecule has 0 aliphatic carbocycles. The van der Waals surface area contributed by atoms with E-state index in [0.717, 1.165) is 23.9 Å². The zero-order valence-corrected chi connectivity index (χ0v) is 16.2. The van der Waals surface area contributed by atoms with Crippen molar-refractivity contribution < 1.29 is 23.1 Å². The van der Waals surface area contributed by atoms with Crippen LogP contribution in [-0.4, -0.2) is 28.7 Å². The van der Waals surface area contributed by atoms with Crippen LogP contribution < -0.4 is 5.32 Å². The number of halogens is 2. The fourth-order valence-electron chi connectivity index (χ4n) is 2.23. The fraction of sp³-hybridized carbons (Fsp3) is 0.263. The largest absolute Gasteiger partial charge is 0.462 e. The van der Waals surface area contributed by atoms with Crippen LogP contribution >= 0.6 is 11.8 Å². The summed E-state index contributed by atoms with van der Waals surface area (Å²) in [5, 5.41) is 11.0. The van der Waals surface area contributed by atoms with Gasteiger partial charge in [0.05, 0.1) is 28.7 Å². The fourth-order valence-corrected chi connectivity index (χ4v) is 3.15. The minimum absolute atomic E-state index is 0.0929. The van der Waals surface area contributed by atoms with Crippen molar-refractivity contribution in [3.8, 4) is 6.07 Å². The van der Waals surface area contributed by atoms with Gasteiger partial charge in [-0.1, -0.05) is 17.8 Å². The molecule has 0 bridgehead atoms. The van der Waals surface area contributed by atoms with Crippen LogP contribution in [0.2, 0.25) is 0 Å². The number of hydrogen-bond acceptors (Lipinski definition) is 6. The molecule has 0 saturated heterocycles. The normalized spacial score (nSPS) is 11.4. The van der Waals surface area contributed by atoms with E-state index in [2.05, 4.69) is 10.3 Å². The maximum atomic E-state index is 13.7. The minimum atomic E-state index is -0.893. The van der Waals surface area contributed by atoms with E-state index in [4.69, 9.17) is 4.74 Å². The number of anilines is 1. The smallest absolute Gasteiger partial charge is 0.340 e. The molecule has 0 fully saturated rings. The summed E-state index contributed by atoms with van der Waals surface area (Å²) in [6.07, 6.45) is 0. The average Bonchev–Trinajstić information content (AvgIpc) is 2.65. The molecule has 28 heavy (non-hydrogen) atoms. The monoisotopic (exact) mass is 405 g/mol. The Kier molecular flexibility index (Phi) is 7.06. The number of benzene rings is 1. The van der Waals surface area contributed by atoms with Gasteiger partial charge in [-0.2, -0.15) is 5.26 Å². The summed E-state index contributed by atoms with van der Waals surface area (Å²) in [5.74, 6) is -3.04. The van der Waals surface area contributed by atoms with E-state index in [9.17, 15) is 23.6 Å². The van der Waals surface area contributed by atoms with Crippen molar-refractivity contribution in [1.82, 2.24) is 4.98 Å². The number of rotatable bonds is 6. The molecular weight excluding hydrogens is 388 g/mol. The zero-order chi connectivity index (χ0) is 20.8. The molecule has 0 aliphatic heterocycles. The molecule has 1 atom stereocenters. The Morgan fingerprint density at radius 2 is 2.00 bits per heavy atom. The molecule has 1 amide bonds. The zero-order valence-electron chi connectivity index (χ0n) is 15.4. The Morgan fingerprint density at radius 3 is 2.57 bits per heavy atom. The van der Waals surface area contributed by atoms with E-state index in [-0.39, 0.29) is 22.8 Å². The molecule has 9 heteroatoms. The Balaban J connectivity index is 2.22. The maximum absolute atomic E-state index is 13.7. The van der Waals surface area contributed by atoms with Crippen LogP contribution in [0.25, 0.3) is 0 Å². The number of para-hydroxylation sites is 1. The quantitative estimate of drug-likeness (QED) is 0.580. The lowest BCUT2D eigenvalue weighted by Gasteiger charge is -2.14. The van der Waals surface area contributed by atoms with Gasteiger partial charge < -0.3 is 10.1 Å². The molecule has 146 valence electrons. The topological polar surface area (TPSA) is 92.1 Å². The molecule has 0 radical (unpaired) electrons. The van der Waals surface area contributed by atoms with Crippen molar-refractivity contribution in [3.05, 3.63) is 52.7 Å². The Morgan fingerprint density at radius 1 is 1.36 bits per heavy atom. The van der Waals surface area contributed by atoms with Crippen LogP contribution in [0.15, 0.2) is 29.3 Å². The van der Waals surface area contributed by atoms with Gasteiger partial charge in [0.25, 0.3) is 0 Å². The highest BCUT2D eigenvalue weighted by Crippen LogP contribution is 2.28. The van der Waals surface area contributed by atoms with Crippen molar-refractivity contribution >= 4 is 29.3 Å². The van der Waals surface area contributed by atoms with Crippen molar-refractivity contribution in [2.75, 3.05) is 11.9 Å². The molecule has 0 aliphatic rings. The third kappa shape index (κ3) is 4.84. The number of carbonyl (C=O) groups is 2. The van der Waals surface area contributed by atoms with E-state index < -0.39 is 34.4 Å². The van der Waals surface area contributed by atoms with Crippen molar-refractivity contribution in [3.63, 3.8) is 0 Å². The van der Waals surface area contributed by atoms with Gasteiger partial charge in [0, 0.05) is 0 Å². The lowest BCUT2D eigenvalue weighted by molar-refractivity contribution is -0.115. The molecule has 0 spiro atoms. The number of nitrogens with one attached hydrogen (secondary N) is 1.